The standard InChI is InChI=1S/C11H12N4O/c1-2-13-11(16)9-3-5-10(6-4-9)15-8-12-7-14-15/h3-8H,2H2,1H3,(H,13,16). The van der Waals surface area contributed by atoms with E-state index in [0.29, 0.717) is 12.1 Å². The molecule has 1 heterocycles. The van der Waals surface area contributed by atoms with Gasteiger partial charge in [0.25, 0.3) is 5.91 Å². The summed E-state index contributed by atoms with van der Waals surface area (Å²) in [5.74, 6) is -0.0624. The number of rotatable bonds is 3. The second-order valence-electron chi connectivity index (χ2n) is 3.25. The number of hydrogen-bond donors (Lipinski definition) is 1. The van der Waals surface area contributed by atoms with Crippen LogP contribution in [0.3, 0.4) is 0 Å². The monoisotopic (exact) mass is 216 g/mol. The van der Waals surface area contributed by atoms with Gasteiger partial charge in [-0.2, -0.15) is 5.10 Å². The van der Waals surface area contributed by atoms with Crippen molar-refractivity contribution in [2.75, 3.05) is 6.54 Å². The van der Waals surface area contributed by atoms with Crippen LogP contribution in [0.2, 0.25) is 0 Å². The number of carbonyl (C=O) groups is 1. The molecule has 0 fully saturated rings. The molecule has 0 aliphatic rings. The van der Waals surface area contributed by atoms with Crippen LogP contribution in [-0.2, 0) is 0 Å². The molecular weight excluding hydrogens is 204 g/mol. The maximum atomic E-state index is 11.5. The fraction of sp³-hybridized carbons (Fsp3) is 0.182. The van der Waals surface area contributed by atoms with Crippen LogP contribution in [0.5, 0.6) is 0 Å². The first-order chi connectivity index (χ1) is 7.81. The second-order valence-corrected chi connectivity index (χ2v) is 3.25. The molecule has 0 spiro atoms. The molecule has 0 aliphatic heterocycles. The minimum absolute atomic E-state index is 0.0624. The van der Waals surface area contributed by atoms with Gasteiger partial charge in [-0.3, -0.25) is 4.79 Å². The van der Waals surface area contributed by atoms with Crippen LogP contribution in [0.1, 0.15) is 17.3 Å². The molecule has 5 heteroatoms. The highest BCUT2D eigenvalue weighted by Gasteiger charge is 2.03. The van der Waals surface area contributed by atoms with E-state index in [2.05, 4.69) is 15.4 Å². The molecule has 2 rings (SSSR count). The maximum Gasteiger partial charge on any atom is 0.251 e. The van der Waals surface area contributed by atoms with Crippen molar-refractivity contribution in [3.63, 3.8) is 0 Å². The highest BCUT2D eigenvalue weighted by Crippen LogP contribution is 2.07. The summed E-state index contributed by atoms with van der Waals surface area (Å²) in [6.45, 7) is 2.52. The zero-order valence-corrected chi connectivity index (χ0v) is 8.92. The van der Waals surface area contributed by atoms with Crippen LogP contribution in [0.15, 0.2) is 36.9 Å². The van der Waals surface area contributed by atoms with Gasteiger partial charge in [0.1, 0.15) is 12.7 Å². The first kappa shape index (κ1) is 10.4. The van der Waals surface area contributed by atoms with Gasteiger partial charge in [-0.25, -0.2) is 9.67 Å². The van der Waals surface area contributed by atoms with Crippen molar-refractivity contribution in [1.29, 1.82) is 0 Å². The van der Waals surface area contributed by atoms with E-state index in [1.165, 1.54) is 6.33 Å². The van der Waals surface area contributed by atoms with Crippen molar-refractivity contribution in [3.8, 4) is 5.69 Å². The Morgan fingerprint density at radius 2 is 2.12 bits per heavy atom. The predicted molar refractivity (Wildman–Crippen MR) is 59.4 cm³/mol. The van der Waals surface area contributed by atoms with E-state index in [4.69, 9.17) is 0 Å². The number of nitrogens with zero attached hydrogens (tertiary/aromatic N) is 3. The molecule has 1 aromatic carbocycles. The number of amides is 1. The molecule has 16 heavy (non-hydrogen) atoms. The van der Waals surface area contributed by atoms with Gasteiger partial charge in [-0.15, -0.1) is 0 Å². The second kappa shape index (κ2) is 4.57. The van der Waals surface area contributed by atoms with Gasteiger partial charge in [0, 0.05) is 12.1 Å². The lowest BCUT2D eigenvalue weighted by atomic mass is 10.2. The Labute approximate surface area is 93.1 Å². The fourth-order valence-corrected chi connectivity index (χ4v) is 1.37. The molecule has 0 saturated heterocycles. The molecule has 2 aromatic rings. The number of hydrogen-bond acceptors (Lipinski definition) is 3. The number of benzene rings is 1. The van der Waals surface area contributed by atoms with Crippen LogP contribution in [0.4, 0.5) is 0 Å². The zero-order valence-electron chi connectivity index (χ0n) is 8.92. The first-order valence-corrected chi connectivity index (χ1v) is 5.04. The summed E-state index contributed by atoms with van der Waals surface area (Å²) in [5.41, 5.74) is 1.52. The number of nitrogens with one attached hydrogen (secondary N) is 1. The highest BCUT2D eigenvalue weighted by molar-refractivity contribution is 5.94. The summed E-state index contributed by atoms with van der Waals surface area (Å²) in [5, 5.41) is 6.74. The van der Waals surface area contributed by atoms with Gasteiger partial charge in [0.2, 0.25) is 0 Å². The molecule has 0 radical (unpaired) electrons. The molecule has 0 aliphatic carbocycles. The molecule has 0 saturated carbocycles. The average Bonchev–Trinajstić information content (AvgIpc) is 2.83. The van der Waals surface area contributed by atoms with E-state index < -0.39 is 0 Å². The number of carbonyl (C=O) groups excluding carboxylic acids is 1. The highest BCUT2D eigenvalue weighted by atomic mass is 16.1. The van der Waals surface area contributed by atoms with E-state index in [0.717, 1.165) is 5.69 Å². The smallest absolute Gasteiger partial charge is 0.251 e. The first-order valence-electron chi connectivity index (χ1n) is 5.04. The molecule has 5 nitrogen and oxygen atoms in total. The Bertz CT molecular complexity index is 461. The summed E-state index contributed by atoms with van der Waals surface area (Å²) < 4.78 is 1.64. The van der Waals surface area contributed by atoms with Gasteiger partial charge >= 0.3 is 0 Å². The largest absolute Gasteiger partial charge is 0.352 e. The molecule has 1 amide bonds. The summed E-state index contributed by atoms with van der Waals surface area (Å²) in [6, 6.07) is 7.20. The number of aromatic nitrogens is 3. The van der Waals surface area contributed by atoms with Gasteiger partial charge in [-0.05, 0) is 31.2 Å². The summed E-state index contributed by atoms with van der Waals surface area (Å²) in [6.07, 6.45) is 3.08. The van der Waals surface area contributed by atoms with E-state index in [1.807, 2.05) is 19.1 Å². The van der Waals surface area contributed by atoms with Crippen LogP contribution in [0.25, 0.3) is 5.69 Å². The third-order valence-electron chi connectivity index (χ3n) is 2.15. The minimum Gasteiger partial charge on any atom is -0.352 e. The summed E-state index contributed by atoms with van der Waals surface area (Å²) in [7, 11) is 0. The van der Waals surface area contributed by atoms with E-state index in [1.54, 1.807) is 23.1 Å². The third kappa shape index (κ3) is 2.08. The van der Waals surface area contributed by atoms with E-state index >= 15 is 0 Å². The van der Waals surface area contributed by atoms with Crippen molar-refractivity contribution in [3.05, 3.63) is 42.5 Å². The van der Waals surface area contributed by atoms with Gasteiger partial charge in [-0.1, -0.05) is 0 Å². The molecule has 0 unspecified atom stereocenters. The Morgan fingerprint density at radius 3 is 2.69 bits per heavy atom. The van der Waals surface area contributed by atoms with Crippen LogP contribution in [-0.4, -0.2) is 27.2 Å². The predicted octanol–water partition coefficient (Wildman–Crippen LogP) is 1.02. The lowest BCUT2D eigenvalue weighted by molar-refractivity contribution is 0.0956. The lowest BCUT2D eigenvalue weighted by Gasteiger charge is -2.03. The van der Waals surface area contributed by atoms with Crippen molar-refractivity contribution in [2.24, 2.45) is 0 Å². The van der Waals surface area contributed by atoms with Gasteiger partial charge in [0.15, 0.2) is 0 Å². The Hall–Kier alpha value is -2.17. The van der Waals surface area contributed by atoms with Gasteiger partial charge in [0.05, 0.1) is 5.69 Å². The van der Waals surface area contributed by atoms with E-state index in [-0.39, 0.29) is 5.91 Å². The normalized spacial score (nSPS) is 10.1. The van der Waals surface area contributed by atoms with Crippen molar-refractivity contribution < 1.29 is 4.79 Å². The molecule has 82 valence electrons. The van der Waals surface area contributed by atoms with Crippen LogP contribution >= 0.6 is 0 Å². The molecule has 0 bridgehead atoms. The topological polar surface area (TPSA) is 59.8 Å². The Kier molecular flexibility index (Phi) is 2.95. The third-order valence-corrected chi connectivity index (χ3v) is 2.15. The summed E-state index contributed by atoms with van der Waals surface area (Å²) >= 11 is 0. The fourth-order valence-electron chi connectivity index (χ4n) is 1.37. The van der Waals surface area contributed by atoms with Crippen molar-refractivity contribution in [2.45, 2.75) is 6.92 Å². The van der Waals surface area contributed by atoms with Crippen molar-refractivity contribution in [1.82, 2.24) is 20.1 Å². The van der Waals surface area contributed by atoms with Crippen LogP contribution in [0, 0.1) is 0 Å². The van der Waals surface area contributed by atoms with E-state index in [9.17, 15) is 4.79 Å². The lowest BCUT2D eigenvalue weighted by Crippen LogP contribution is -2.22. The SMILES string of the molecule is CCNC(=O)c1ccc(-n2cncn2)cc1. The molecule has 0 atom stereocenters. The zero-order chi connectivity index (χ0) is 11.4. The Morgan fingerprint density at radius 1 is 1.38 bits per heavy atom. The molecular formula is C11H12N4O. The average molecular weight is 216 g/mol. The maximum absolute atomic E-state index is 11.5. The quantitative estimate of drug-likeness (QED) is 0.833. The van der Waals surface area contributed by atoms with Crippen LogP contribution < -0.4 is 5.32 Å². The van der Waals surface area contributed by atoms with Gasteiger partial charge < -0.3 is 5.32 Å². The molecule has 1 N–H and O–H groups in total. The van der Waals surface area contributed by atoms with Crippen molar-refractivity contribution >= 4 is 5.91 Å². The minimum atomic E-state index is -0.0624. The Balaban J connectivity index is 2.20. The molecule has 1 aromatic heterocycles. The summed E-state index contributed by atoms with van der Waals surface area (Å²) in [4.78, 5) is 15.4.